The molecule has 0 aliphatic carbocycles. The monoisotopic (exact) mass is 894 g/mol. The molecule has 12 aromatic carbocycles. The summed E-state index contributed by atoms with van der Waals surface area (Å²) in [6.45, 7) is 0. The molecule has 324 valence electrons. The first-order valence-electron chi connectivity index (χ1n) is 23.8. The van der Waals surface area contributed by atoms with Gasteiger partial charge in [-0.1, -0.05) is 218 Å². The third kappa shape index (κ3) is 6.70. The van der Waals surface area contributed by atoms with Crippen LogP contribution in [0.25, 0.3) is 70.9 Å². The van der Waals surface area contributed by atoms with Crippen LogP contribution in [-0.2, 0) is 0 Å². The van der Waals surface area contributed by atoms with Crippen molar-refractivity contribution in [3.63, 3.8) is 0 Å². The molecule has 1 heterocycles. The van der Waals surface area contributed by atoms with Crippen molar-refractivity contribution in [2.45, 2.75) is 0 Å². The number of para-hydroxylation sites is 2. The minimum absolute atomic E-state index is 1.09. The molecule has 0 amide bonds. The molecule has 0 bridgehead atoms. The molecule has 0 aliphatic heterocycles. The summed E-state index contributed by atoms with van der Waals surface area (Å²) in [7, 11) is -2.72. The third-order valence-electron chi connectivity index (χ3n) is 14.3. The van der Waals surface area contributed by atoms with E-state index in [1.165, 1.54) is 86.0 Å². The number of rotatable bonds is 9. The number of hydrogen-bond acceptors (Lipinski definition) is 1. The van der Waals surface area contributed by atoms with Crippen molar-refractivity contribution < 1.29 is 0 Å². The van der Waals surface area contributed by atoms with E-state index in [4.69, 9.17) is 0 Å². The Morgan fingerprint density at radius 2 is 0.580 bits per heavy atom. The molecule has 13 rings (SSSR count). The normalized spacial score (nSPS) is 11.8. The van der Waals surface area contributed by atoms with Crippen LogP contribution in [0.4, 0.5) is 17.1 Å². The molecule has 2 nitrogen and oxygen atoms in total. The SMILES string of the molecule is c1ccc([Si](c2ccccc2)(c2ccccc2)c2ccc(N(c3ccc(-c4ccc(-n5c6ccccc6c6ccccc65)cc4)cc3)c3ccc4c5ccccc5c5ccccc5c4c3)cc2)cc1. The molecule has 0 atom stereocenters. The van der Waals surface area contributed by atoms with Crippen molar-refractivity contribution in [1.29, 1.82) is 0 Å². The molecular formula is C66H46N2Si. The largest absolute Gasteiger partial charge is 0.310 e. The molecule has 0 saturated heterocycles. The van der Waals surface area contributed by atoms with E-state index in [1.54, 1.807) is 0 Å². The van der Waals surface area contributed by atoms with Crippen LogP contribution in [0.15, 0.2) is 279 Å². The molecule has 3 heteroatoms. The van der Waals surface area contributed by atoms with Crippen molar-refractivity contribution in [3.05, 3.63) is 279 Å². The van der Waals surface area contributed by atoms with Gasteiger partial charge < -0.3 is 9.47 Å². The lowest BCUT2D eigenvalue weighted by molar-refractivity contribution is 1.18. The molecule has 13 aromatic rings. The Hall–Kier alpha value is -8.76. The first-order chi connectivity index (χ1) is 34.2. The van der Waals surface area contributed by atoms with E-state index in [1.807, 2.05) is 0 Å². The maximum atomic E-state index is 2.43. The second kappa shape index (κ2) is 16.8. The van der Waals surface area contributed by atoms with Gasteiger partial charge >= 0.3 is 0 Å². The summed E-state index contributed by atoms with van der Waals surface area (Å²) in [6.07, 6.45) is 0. The average molecular weight is 895 g/mol. The zero-order valence-corrected chi connectivity index (χ0v) is 39.0. The van der Waals surface area contributed by atoms with Gasteiger partial charge in [0.2, 0.25) is 0 Å². The summed E-state index contributed by atoms with van der Waals surface area (Å²) in [6, 6.07) is 103. The maximum Gasteiger partial charge on any atom is 0.179 e. The smallest absolute Gasteiger partial charge is 0.179 e. The van der Waals surface area contributed by atoms with Gasteiger partial charge in [0.05, 0.1) is 11.0 Å². The van der Waals surface area contributed by atoms with Gasteiger partial charge in [-0.15, -0.1) is 0 Å². The van der Waals surface area contributed by atoms with E-state index in [9.17, 15) is 0 Å². The van der Waals surface area contributed by atoms with E-state index in [0.29, 0.717) is 0 Å². The molecule has 0 spiro atoms. The highest BCUT2D eigenvalue weighted by Crippen LogP contribution is 2.41. The third-order valence-corrected chi connectivity index (χ3v) is 19.1. The highest BCUT2D eigenvalue weighted by Gasteiger charge is 2.41. The Bertz CT molecular complexity index is 3790. The molecule has 0 saturated carbocycles. The topological polar surface area (TPSA) is 8.17 Å². The second-order valence-corrected chi connectivity index (χ2v) is 21.8. The van der Waals surface area contributed by atoms with Gasteiger partial charge in [-0.2, -0.15) is 0 Å². The molecule has 0 N–H and O–H groups in total. The van der Waals surface area contributed by atoms with E-state index in [2.05, 4.69) is 289 Å². The van der Waals surface area contributed by atoms with Gasteiger partial charge in [-0.25, -0.2) is 0 Å². The Morgan fingerprint density at radius 3 is 1.04 bits per heavy atom. The summed E-state index contributed by atoms with van der Waals surface area (Å²) >= 11 is 0. The molecule has 69 heavy (non-hydrogen) atoms. The van der Waals surface area contributed by atoms with E-state index >= 15 is 0 Å². The summed E-state index contributed by atoms with van der Waals surface area (Å²) in [5.41, 5.74) is 9.23. The zero-order chi connectivity index (χ0) is 45.7. The van der Waals surface area contributed by atoms with Crippen LogP contribution in [0, 0.1) is 0 Å². The standard InChI is InChI=1S/C66H46N2Si/c1-4-18-53(19-5-1)69(54-20-6-2-7-21-54,55-22-8-3-9-23-55)56-43-40-50(41-44-56)67(52-42-45-61-59-26-11-10-24-57(59)58-25-12-13-27-60(58)64(61)46-52)49-36-32-47(33-37-49)48-34-38-51(39-35-48)68-65-30-16-14-28-62(65)63-29-15-17-31-66(63)68/h1-46H. The van der Waals surface area contributed by atoms with Crippen LogP contribution in [0.1, 0.15) is 0 Å². The van der Waals surface area contributed by atoms with Gasteiger partial charge in [0.25, 0.3) is 0 Å². The molecule has 1 aromatic heterocycles. The Morgan fingerprint density at radius 1 is 0.246 bits per heavy atom. The highest BCUT2D eigenvalue weighted by atomic mass is 28.3. The van der Waals surface area contributed by atoms with Gasteiger partial charge in [0.1, 0.15) is 0 Å². The lowest BCUT2D eigenvalue weighted by atomic mass is 9.94. The summed E-state index contributed by atoms with van der Waals surface area (Å²) < 4.78 is 2.38. The molecule has 0 radical (unpaired) electrons. The summed E-state index contributed by atoms with van der Waals surface area (Å²) in [5.74, 6) is 0. The molecule has 0 unspecified atom stereocenters. The Kier molecular flexibility index (Phi) is 9.88. The van der Waals surface area contributed by atoms with Crippen LogP contribution in [0.5, 0.6) is 0 Å². The predicted octanol–water partition coefficient (Wildman–Crippen LogP) is 14.8. The first-order valence-corrected chi connectivity index (χ1v) is 25.8. The number of nitrogens with zero attached hydrogens (tertiary/aromatic N) is 2. The zero-order valence-electron chi connectivity index (χ0n) is 38.0. The highest BCUT2D eigenvalue weighted by molar-refractivity contribution is 7.19. The van der Waals surface area contributed by atoms with Gasteiger partial charge in [0.15, 0.2) is 8.07 Å². The van der Waals surface area contributed by atoms with Crippen molar-refractivity contribution in [3.8, 4) is 16.8 Å². The quantitative estimate of drug-likeness (QED) is 0.0796. The number of aromatic nitrogens is 1. The van der Waals surface area contributed by atoms with Crippen molar-refractivity contribution in [1.82, 2.24) is 4.57 Å². The van der Waals surface area contributed by atoms with E-state index in [-0.39, 0.29) is 0 Å². The van der Waals surface area contributed by atoms with Crippen molar-refractivity contribution in [2.75, 3.05) is 4.90 Å². The van der Waals surface area contributed by atoms with E-state index in [0.717, 1.165) is 22.7 Å². The lowest BCUT2D eigenvalue weighted by Gasteiger charge is -2.35. The fourth-order valence-corrected chi connectivity index (χ4v) is 16.0. The van der Waals surface area contributed by atoms with E-state index < -0.39 is 8.07 Å². The minimum Gasteiger partial charge on any atom is -0.310 e. The van der Waals surface area contributed by atoms with Crippen LogP contribution < -0.4 is 25.6 Å². The van der Waals surface area contributed by atoms with Crippen LogP contribution >= 0.6 is 0 Å². The van der Waals surface area contributed by atoms with Gasteiger partial charge in [-0.3, -0.25) is 0 Å². The molecule has 0 aliphatic rings. The average Bonchev–Trinajstić information content (AvgIpc) is 3.77. The van der Waals surface area contributed by atoms with Crippen LogP contribution in [0.2, 0.25) is 0 Å². The molecular weight excluding hydrogens is 849 g/mol. The number of hydrogen-bond donors (Lipinski definition) is 0. The lowest BCUT2D eigenvalue weighted by Crippen LogP contribution is -2.74. The number of anilines is 3. The fraction of sp³-hybridized carbons (Fsp3) is 0. The minimum atomic E-state index is -2.72. The van der Waals surface area contributed by atoms with Crippen molar-refractivity contribution in [2.24, 2.45) is 0 Å². The van der Waals surface area contributed by atoms with Crippen molar-refractivity contribution >= 4 is 100 Å². The number of fused-ring (bicyclic) bond motifs is 9. The first kappa shape index (κ1) is 40.5. The fourth-order valence-electron chi connectivity index (χ4n) is 11.2. The summed E-state index contributed by atoms with van der Waals surface area (Å²) in [5, 5.41) is 15.5. The van der Waals surface area contributed by atoms with Gasteiger partial charge in [0, 0.05) is 33.5 Å². The van der Waals surface area contributed by atoms with Crippen LogP contribution in [-0.4, -0.2) is 12.6 Å². The molecule has 0 fully saturated rings. The summed E-state index contributed by atoms with van der Waals surface area (Å²) in [4.78, 5) is 2.43. The Balaban J connectivity index is 0.950. The second-order valence-electron chi connectivity index (χ2n) is 18.0. The maximum absolute atomic E-state index is 2.72. The number of benzene rings is 12. The van der Waals surface area contributed by atoms with Gasteiger partial charge in [-0.05, 0) is 125 Å². The van der Waals surface area contributed by atoms with Crippen LogP contribution in [0.3, 0.4) is 0 Å². The predicted molar refractivity (Wildman–Crippen MR) is 297 cm³/mol. The Labute approximate surface area is 403 Å².